The number of ether oxygens (including phenoxy) is 3. The Bertz CT molecular complexity index is 285. The van der Waals surface area contributed by atoms with Gasteiger partial charge in [0.2, 0.25) is 0 Å². The summed E-state index contributed by atoms with van der Waals surface area (Å²) in [6.07, 6.45) is 3.45. The van der Waals surface area contributed by atoms with Gasteiger partial charge < -0.3 is 19.5 Å². The molecule has 5 heteroatoms. The molecule has 0 aromatic heterocycles. The number of rotatable bonds is 8. The summed E-state index contributed by atoms with van der Waals surface area (Å²) in [5.41, 5.74) is -0.567. The van der Waals surface area contributed by atoms with Crippen LogP contribution in [0, 0.1) is 0 Å². The van der Waals surface area contributed by atoms with Gasteiger partial charge in [0.1, 0.15) is 5.54 Å². The molecule has 1 fully saturated rings. The van der Waals surface area contributed by atoms with Crippen LogP contribution in [0.1, 0.15) is 39.5 Å². The molecule has 0 aromatic rings. The van der Waals surface area contributed by atoms with E-state index in [9.17, 15) is 4.79 Å². The first kappa shape index (κ1) is 16.4. The molecule has 5 nitrogen and oxygen atoms in total. The fourth-order valence-electron chi connectivity index (χ4n) is 2.70. The highest BCUT2D eigenvalue weighted by atomic mass is 16.5. The molecule has 0 amide bonds. The van der Waals surface area contributed by atoms with Crippen LogP contribution in [0.25, 0.3) is 0 Å². The molecule has 19 heavy (non-hydrogen) atoms. The van der Waals surface area contributed by atoms with Gasteiger partial charge in [0, 0.05) is 13.5 Å². The van der Waals surface area contributed by atoms with Gasteiger partial charge in [0.15, 0.2) is 0 Å². The molecule has 3 unspecified atom stereocenters. The highest BCUT2D eigenvalue weighted by Crippen LogP contribution is 2.33. The minimum Gasteiger partial charge on any atom is -0.468 e. The summed E-state index contributed by atoms with van der Waals surface area (Å²) in [5, 5.41) is 3.34. The highest BCUT2D eigenvalue weighted by Gasteiger charge is 2.46. The van der Waals surface area contributed by atoms with E-state index >= 15 is 0 Å². The Morgan fingerprint density at radius 2 is 2.21 bits per heavy atom. The summed E-state index contributed by atoms with van der Waals surface area (Å²) in [6, 6.07) is 0. The van der Waals surface area contributed by atoms with Crippen molar-refractivity contribution in [2.45, 2.75) is 57.3 Å². The van der Waals surface area contributed by atoms with Crippen molar-refractivity contribution in [3.05, 3.63) is 0 Å². The van der Waals surface area contributed by atoms with Gasteiger partial charge in [-0.3, -0.25) is 4.79 Å². The summed E-state index contributed by atoms with van der Waals surface area (Å²) in [7, 11) is 3.11. The Hall–Kier alpha value is -0.650. The van der Waals surface area contributed by atoms with Crippen molar-refractivity contribution in [3.63, 3.8) is 0 Å². The van der Waals surface area contributed by atoms with Crippen LogP contribution < -0.4 is 5.32 Å². The van der Waals surface area contributed by atoms with Crippen LogP contribution >= 0.6 is 0 Å². The van der Waals surface area contributed by atoms with E-state index in [2.05, 4.69) is 12.2 Å². The monoisotopic (exact) mass is 273 g/mol. The van der Waals surface area contributed by atoms with Crippen molar-refractivity contribution in [1.82, 2.24) is 5.32 Å². The van der Waals surface area contributed by atoms with Gasteiger partial charge in [0.25, 0.3) is 0 Å². The van der Waals surface area contributed by atoms with Gasteiger partial charge in [-0.15, -0.1) is 0 Å². The second-order valence-electron chi connectivity index (χ2n) is 5.27. The molecule has 0 bridgehead atoms. The van der Waals surface area contributed by atoms with Crippen LogP contribution in [-0.4, -0.2) is 51.1 Å². The zero-order chi connectivity index (χ0) is 14.3. The fraction of sp³-hybridized carbons (Fsp3) is 0.929. The van der Waals surface area contributed by atoms with E-state index in [-0.39, 0.29) is 18.2 Å². The maximum atomic E-state index is 12.0. The normalized spacial score (nSPS) is 28.3. The van der Waals surface area contributed by atoms with E-state index in [1.54, 1.807) is 7.11 Å². The predicted octanol–water partition coefficient (Wildman–Crippen LogP) is 1.50. The molecular weight excluding hydrogens is 246 g/mol. The molecule has 1 rings (SSSR count). The maximum Gasteiger partial charge on any atom is 0.326 e. The average Bonchev–Trinajstić information content (AvgIpc) is 2.80. The van der Waals surface area contributed by atoms with Gasteiger partial charge in [-0.25, -0.2) is 0 Å². The van der Waals surface area contributed by atoms with Crippen LogP contribution in [0.2, 0.25) is 0 Å². The molecule has 1 aliphatic carbocycles. The first-order valence-corrected chi connectivity index (χ1v) is 7.05. The lowest BCUT2D eigenvalue weighted by atomic mass is 9.97. The van der Waals surface area contributed by atoms with E-state index < -0.39 is 5.54 Å². The second kappa shape index (κ2) is 7.82. The molecule has 0 spiro atoms. The third-order valence-corrected chi connectivity index (χ3v) is 3.58. The number of carbonyl (C=O) groups is 1. The van der Waals surface area contributed by atoms with Crippen molar-refractivity contribution < 1.29 is 19.0 Å². The van der Waals surface area contributed by atoms with E-state index in [4.69, 9.17) is 14.2 Å². The zero-order valence-corrected chi connectivity index (χ0v) is 12.5. The van der Waals surface area contributed by atoms with Crippen molar-refractivity contribution in [3.8, 4) is 0 Å². The van der Waals surface area contributed by atoms with Gasteiger partial charge >= 0.3 is 5.97 Å². The molecule has 1 aliphatic rings. The van der Waals surface area contributed by atoms with E-state index in [0.29, 0.717) is 13.0 Å². The second-order valence-corrected chi connectivity index (χ2v) is 5.27. The number of hydrogen-bond acceptors (Lipinski definition) is 5. The molecule has 1 N–H and O–H groups in total. The Morgan fingerprint density at radius 3 is 2.79 bits per heavy atom. The minimum atomic E-state index is -0.567. The van der Waals surface area contributed by atoms with E-state index in [1.807, 2.05) is 6.92 Å². The lowest BCUT2D eigenvalue weighted by molar-refractivity contribution is -0.149. The van der Waals surface area contributed by atoms with Crippen LogP contribution in [0.5, 0.6) is 0 Å². The summed E-state index contributed by atoms with van der Waals surface area (Å²) in [5.74, 6) is -0.175. The predicted molar refractivity (Wildman–Crippen MR) is 73.1 cm³/mol. The standard InChI is InChI=1S/C14H27NO4/c1-5-8-15-14(13(16)18-4)7-6-12(9-14)19-11(2)10-17-3/h11-12,15H,5-10H2,1-4H3. The van der Waals surface area contributed by atoms with Crippen LogP contribution in [0.15, 0.2) is 0 Å². The molecule has 0 aliphatic heterocycles. The smallest absolute Gasteiger partial charge is 0.326 e. The van der Waals surface area contributed by atoms with Crippen LogP contribution in [0.3, 0.4) is 0 Å². The summed E-state index contributed by atoms with van der Waals surface area (Å²) >= 11 is 0. The third kappa shape index (κ3) is 4.44. The maximum absolute atomic E-state index is 12.0. The van der Waals surface area contributed by atoms with Gasteiger partial charge in [-0.2, -0.15) is 0 Å². The molecule has 0 aromatic carbocycles. The number of carbonyl (C=O) groups excluding carboxylic acids is 1. The number of esters is 1. The molecule has 0 radical (unpaired) electrons. The van der Waals surface area contributed by atoms with Gasteiger partial charge in [-0.05, 0) is 32.7 Å². The van der Waals surface area contributed by atoms with Crippen molar-refractivity contribution in [2.24, 2.45) is 0 Å². The molecule has 0 heterocycles. The zero-order valence-electron chi connectivity index (χ0n) is 12.5. The molecular formula is C14H27NO4. The topological polar surface area (TPSA) is 56.8 Å². The summed E-state index contributed by atoms with van der Waals surface area (Å²) < 4.78 is 15.9. The number of nitrogens with one attached hydrogen (secondary N) is 1. The van der Waals surface area contributed by atoms with Crippen molar-refractivity contribution in [1.29, 1.82) is 0 Å². The molecule has 1 saturated carbocycles. The molecule has 0 saturated heterocycles. The number of hydrogen-bond donors (Lipinski definition) is 1. The van der Waals surface area contributed by atoms with E-state index in [1.165, 1.54) is 7.11 Å². The summed E-state index contributed by atoms with van der Waals surface area (Å²) in [4.78, 5) is 12.0. The third-order valence-electron chi connectivity index (χ3n) is 3.58. The first-order valence-electron chi connectivity index (χ1n) is 7.05. The van der Waals surface area contributed by atoms with Crippen LogP contribution in [0.4, 0.5) is 0 Å². The fourth-order valence-corrected chi connectivity index (χ4v) is 2.70. The van der Waals surface area contributed by atoms with Gasteiger partial charge in [0.05, 0.1) is 25.9 Å². The summed E-state index contributed by atoms with van der Waals surface area (Å²) in [6.45, 7) is 5.46. The Kier molecular flexibility index (Phi) is 6.75. The number of methoxy groups -OCH3 is 2. The lowest BCUT2D eigenvalue weighted by Gasteiger charge is -2.28. The van der Waals surface area contributed by atoms with Crippen molar-refractivity contribution in [2.75, 3.05) is 27.4 Å². The highest BCUT2D eigenvalue weighted by molar-refractivity contribution is 5.81. The SMILES string of the molecule is CCCNC1(C(=O)OC)CCC(OC(C)COC)C1. The Labute approximate surface area is 116 Å². The average molecular weight is 273 g/mol. The van der Waals surface area contributed by atoms with Crippen molar-refractivity contribution >= 4 is 5.97 Å². The van der Waals surface area contributed by atoms with E-state index in [0.717, 1.165) is 25.8 Å². The largest absolute Gasteiger partial charge is 0.468 e. The quantitative estimate of drug-likeness (QED) is 0.679. The lowest BCUT2D eigenvalue weighted by Crippen LogP contribution is -2.51. The Balaban J connectivity index is 2.58. The molecule has 112 valence electrons. The first-order chi connectivity index (χ1) is 9.07. The minimum absolute atomic E-state index is 0.0506. The van der Waals surface area contributed by atoms with Crippen LogP contribution in [-0.2, 0) is 19.0 Å². The molecule has 3 atom stereocenters. The van der Waals surface area contributed by atoms with Gasteiger partial charge in [-0.1, -0.05) is 6.92 Å². The Morgan fingerprint density at radius 1 is 1.47 bits per heavy atom.